The van der Waals surface area contributed by atoms with E-state index >= 15 is 0 Å². The monoisotopic (exact) mass is 324 g/mol. The Labute approximate surface area is 130 Å². The molecule has 8 heteroatoms. The van der Waals surface area contributed by atoms with Gasteiger partial charge in [-0.1, -0.05) is 12.1 Å². The van der Waals surface area contributed by atoms with Gasteiger partial charge in [0, 0.05) is 24.0 Å². The second-order valence-electron chi connectivity index (χ2n) is 4.82. The lowest BCUT2D eigenvalue weighted by atomic mass is 10.0. The maximum Gasteiger partial charge on any atom is 0.433 e. The molecule has 0 unspecified atom stereocenters. The highest BCUT2D eigenvalue weighted by Crippen LogP contribution is 2.30. The van der Waals surface area contributed by atoms with Crippen LogP contribution in [-0.2, 0) is 6.18 Å². The zero-order chi connectivity index (χ0) is 17.2. The van der Waals surface area contributed by atoms with E-state index in [4.69, 9.17) is 11.6 Å². The van der Waals surface area contributed by atoms with Gasteiger partial charge in [-0.15, -0.1) is 0 Å². The SMILES string of the molecule is CCN(N)C(=O)c1cc(-c2ccc(C(F)(F)F)nc2)ccc1N. The van der Waals surface area contributed by atoms with E-state index in [1.54, 1.807) is 13.0 Å². The Bertz CT molecular complexity index is 714. The number of nitrogens with two attached hydrogens (primary N) is 2. The molecule has 2 rings (SSSR count). The zero-order valence-electron chi connectivity index (χ0n) is 12.3. The third kappa shape index (κ3) is 3.59. The third-order valence-electron chi connectivity index (χ3n) is 3.27. The predicted molar refractivity (Wildman–Crippen MR) is 80.0 cm³/mol. The van der Waals surface area contributed by atoms with Crippen molar-refractivity contribution < 1.29 is 18.0 Å². The molecule has 0 saturated heterocycles. The van der Waals surface area contributed by atoms with Crippen LogP contribution < -0.4 is 11.6 Å². The van der Waals surface area contributed by atoms with Gasteiger partial charge >= 0.3 is 6.18 Å². The summed E-state index contributed by atoms with van der Waals surface area (Å²) in [6.07, 6.45) is -3.40. The van der Waals surface area contributed by atoms with Crippen molar-refractivity contribution in [1.82, 2.24) is 9.99 Å². The standard InChI is InChI=1S/C15H15F3N4O/c1-2-22(20)14(23)11-7-9(3-5-12(11)19)10-4-6-13(21-8-10)15(16,17)18/h3-8H,2,19-20H2,1H3. The molecule has 1 amide bonds. The van der Waals surface area contributed by atoms with Crippen LogP contribution in [0.4, 0.5) is 18.9 Å². The van der Waals surface area contributed by atoms with Crippen LogP contribution in [0.15, 0.2) is 36.5 Å². The second kappa shape index (κ2) is 6.25. The van der Waals surface area contributed by atoms with Crippen LogP contribution in [-0.4, -0.2) is 22.4 Å². The van der Waals surface area contributed by atoms with E-state index in [9.17, 15) is 18.0 Å². The van der Waals surface area contributed by atoms with E-state index in [0.717, 1.165) is 17.3 Å². The first kappa shape index (κ1) is 16.8. The Hall–Kier alpha value is -2.61. The molecule has 122 valence electrons. The molecule has 0 bridgehead atoms. The van der Waals surface area contributed by atoms with Crippen LogP contribution in [0.5, 0.6) is 0 Å². The number of aromatic nitrogens is 1. The Morgan fingerprint density at radius 3 is 2.39 bits per heavy atom. The first-order valence-electron chi connectivity index (χ1n) is 6.73. The predicted octanol–water partition coefficient (Wildman–Crippen LogP) is 2.69. The van der Waals surface area contributed by atoms with Gasteiger partial charge in [0.1, 0.15) is 5.69 Å². The molecule has 5 nitrogen and oxygen atoms in total. The summed E-state index contributed by atoms with van der Waals surface area (Å²) in [5.41, 5.74) is 6.18. The highest BCUT2D eigenvalue weighted by Gasteiger charge is 2.32. The number of carbonyl (C=O) groups excluding carboxylic acids is 1. The molecular weight excluding hydrogens is 309 g/mol. The van der Waals surface area contributed by atoms with Gasteiger partial charge in [0.15, 0.2) is 0 Å². The van der Waals surface area contributed by atoms with E-state index in [0.29, 0.717) is 17.7 Å². The van der Waals surface area contributed by atoms with Crippen molar-refractivity contribution in [1.29, 1.82) is 0 Å². The lowest BCUT2D eigenvalue weighted by Gasteiger charge is -2.16. The molecule has 23 heavy (non-hydrogen) atoms. The summed E-state index contributed by atoms with van der Waals surface area (Å²) in [5.74, 6) is 5.10. The molecule has 0 saturated carbocycles. The molecule has 4 N–H and O–H groups in total. The highest BCUT2D eigenvalue weighted by molar-refractivity contribution is 6.00. The zero-order valence-corrected chi connectivity index (χ0v) is 12.3. The van der Waals surface area contributed by atoms with Crippen LogP contribution in [0.1, 0.15) is 23.0 Å². The summed E-state index contributed by atoms with van der Waals surface area (Å²) in [6, 6.07) is 6.76. The van der Waals surface area contributed by atoms with Gasteiger partial charge in [-0.3, -0.25) is 14.8 Å². The van der Waals surface area contributed by atoms with E-state index in [2.05, 4.69) is 4.98 Å². The largest absolute Gasteiger partial charge is 0.433 e. The third-order valence-corrected chi connectivity index (χ3v) is 3.27. The molecule has 0 aliphatic rings. The fourth-order valence-electron chi connectivity index (χ4n) is 1.95. The molecule has 2 aromatic rings. The normalized spacial score (nSPS) is 11.3. The van der Waals surface area contributed by atoms with Crippen molar-refractivity contribution in [3.8, 4) is 11.1 Å². The van der Waals surface area contributed by atoms with Crippen LogP contribution in [0.2, 0.25) is 0 Å². The Morgan fingerprint density at radius 2 is 1.87 bits per heavy atom. The number of nitrogen functional groups attached to an aromatic ring is 1. The number of hydrogen-bond acceptors (Lipinski definition) is 4. The highest BCUT2D eigenvalue weighted by atomic mass is 19.4. The first-order chi connectivity index (χ1) is 10.7. The van der Waals surface area contributed by atoms with Crippen molar-refractivity contribution in [2.45, 2.75) is 13.1 Å². The second-order valence-corrected chi connectivity index (χ2v) is 4.82. The molecule has 0 spiro atoms. The molecule has 0 atom stereocenters. The summed E-state index contributed by atoms with van der Waals surface area (Å²) in [4.78, 5) is 15.5. The number of anilines is 1. The van der Waals surface area contributed by atoms with E-state index in [1.165, 1.54) is 18.2 Å². The number of nitrogens with zero attached hydrogens (tertiary/aromatic N) is 2. The maximum absolute atomic E-state index is 12.5. The number of hydrogen-bond donors (Lipinski definition) is 2. The quantitative estimate of drug-likeness (QED) is 0.393. The van der Waals surface area contributed by atoms with Gasteiger partial charge in [-0.25, -0.2) is 5.84 Å². The average Bonchev–Trinajstić information content (AvgIpc) is 2.53. The molecular formula is C15H15F3N4O. The molecule has 0 aliphatic heterocycles. The number of pyridine rings is 1. The fraction of sp³-hybridized carbons (Fsp3) is 0.200. The smallest absolute Gasteiger partial charge is 0.398 e. The number of hydrazine groups is 1. The minimum atomic E-state index is -4.50. The molecule has 0 fully saturated rings. The molecule has 1 aromatic heterocycles. The van der Waals surface area contributed by atoms with Crippen molar-refractivity contribution in [2.24, 2.45) is 5.84 Å². The van der Waals surface area contributed by atoms with Gasteiger partial charge in [-0.05, 0) is 30.7 Å². The number of benzene rings is 1. The molecule has 0 aliphatic carbocycles. The van der Waals surface area contributed by atoms with E-state index in [-0.39, 0.29) is 11.3 Å². The molecule has 0 radical (unpaired) electrons. The number of carbonyl (C=O) groups is 1. The van der Waals surface area contributed by atoms with Crippen molar-refractivity contribution >= 4 is 11.6 Å². The van der Waals surface area contributed by atoms with Crippen LogP contribution in [0, 0.1) is 0 Å². The van der Waals surface area contributed by atoms with Gasteiger partial charge in [0.2, 0.25) is 0 Å². The van der Waals surface area contributed by atoms with Crippen LogP contribution in [0.25, 0.3) is 11.1 Å². The minimum absolute atomic E-state index is 0.187. The minimum Gasteiger partial charge on any atom is -0.398 e. The van der Waals surface area contributed by atoms with E-state index < -0.39 is 17.8 Å². The fourth-order valence-corrected chi connectivity index (χ4v) is 1.95. The van der Waals surface area contributed by atoms with Crippen molar-refractivity contribution in [3.63, 3.8) is 0 Å². The van der Waals surface area contributed by atoms with Gasteiger partial charge in [0.25, 0.3) is 5.91 Å². The Morgan fingerprint density at radius 1 is 1.22 bits per heavy atom. The molecule has 1 aromatic carbocycles. The van der Waals surface area contributed by atoms with E-state index in [1.807, 2.05) is 0 Å². The summed E-state index contributed by atoms with van der Waals surface area (Å²) < 4.78 is 37.6. The van der Waals surface area contributed by atoms with Gasteiger partial charge in [0.05, 0.1) is 5.56 Å². The summed E-state index contributed by atoms with van der Waals surface area (Å²) in [7, 11) is 0. The van der Waals surface area contributed by atoms with Crippen LogP contribution in [0.3, 0.4) is 0 Å². The number of alkyl halides is 3. The van der Waals surface area contributed by atoms with Crippen molar-refractivity contribution in [2.75, 3.05) is 12.3 Å². The lowest BCUT2D eigenvalue weighted by molar-refractivity contribution is -0.141. The van der Waals surface area contributed by atoms with Crippen molar-refractivity contribution in [3.05, 3.63) is 47.8 Å². The molecule has 1 heterocycles. The Kier molecular flexibility index (Phi) is 4.55. The van der Waals surface area contributed by atoms with Crippen LogP contribution >= 0.6 is 0 Å². The number of rotatable bonds is 3. The topological polar surface area (TPSA) is 85.2 Å². The average molecular weight is 324 g/mol. The first-order valence-corrected chi connectivity index (χ1v) is 6.73. The maximum atomic E-state index is 12.5. The van der Waals surface area contributed by atoms with Gasteiger partial charge in [-0.2, -0.15) is 13.2 Å². The number of halogens is 3. The summed E-state index contributed by atoms with van der Waals surface area (Å²) in [6.45, 7) is 2.00. The summed E-state index contributed by atoms with van der Waals surface area (Å²) in [5, 5.41) is 1.00. The number of amides is 1. The summed E-state index contributed by atoms with van der Waals surface area (Å²) >= 11 is 0. The Balaban J connectivity index is 2.39. The lowest BCUT2D eigenvalue weighted by Crippen LogP contribution is -2.37. The van der Waals surface area contributed by atoms with Gasteiger partial charge < -0.3 is 5.73 Å².